The van der Waals surface area contributed by atoms with Crippen LogP contribution in [-0.2, 0) is 6.54 Å². The highest BCUT2D eigenvalue weighted by molar-refractivity contribution is 5.61. The van der Waals surface area contributed by atoms with Crippen molar-refractivity contribution in [2.24, 2.45) is 5.92 Å². The van der Waals surface area contributed by atoms with Gasteiger partial charge in [0.1, 0.15) is 6.07 Å². The summed E-state index contributed by atoms with van der Waals surface area (Å²) < 4.78 is 0. The van der Waals surface area contributed by atoms with E-state index in [9.17, 15) is 10.4 Å². The van der Waals surface area contributed by atoms with Crippen LogP contribution in [0.15, 0.2) is 18.2 Å². The van der Waals surface area contributed by atoms with Crippen molar-refractivity contribution in [2.75, 3.05) is 24.6 Å². The second kappa shape index (κ2) is 6.46. The second-order valence-corrected chi connectivity index (χ2v) is 6.85. The van der Waals surface area contributed by atoms with Gasteiger partial charge in [-0.1, -0.05) is 6.07 Å². The number of hydrogen-bond acceptors (Lipinski definition) is 4. The fourth-order valence-corrected chi connectivity index (χ4v) is 2.63. The van der Waals surface area contributed by atoms with Gasteiger partial charge >= 0.3 is 0 Å². The number of benzene rings is 1. The largest absolute Gasteiger partial charge is 0.396 e. The Kier molecular flexibility index (Phi) is 4.87. The number of aliphatic hydroxyl groups excluding tert-OH is 1. The lowest BCUT2D eigenvalue weighted by atomic mass is 10.1. The Morgan fingerprint density at radius 3 is 2.76 bits per heavy atom. The molecule has 1 aromatic rings. The highest BCUT2D eigenvalue weighted by Gasteiger charge is 2.23. The van der Waals surface area contributed by atoms with Crippen molar-refractivity contribution in [3.8, 4) is 6.07 Å². The van der Waals surface area contributed by atoms with E-state index in [2.05, 4.69) is 43.1 Å². The van der Waals surface area contributed by atoms with Crippen LogP contribution in [0.5, 0.6) is 0 Å². The molecule has 0 spiro atoms. The molecule has 4 heteroatoms. The number of nitriles is 1. The molecule has 1 atom stereocenters. The van der Waals surface area contributed by atoms with Gasteiger partial charge in [0.05, 0.1) is 11.3 Å². The molecule has 1 aliphatic rings. The van der Waals surface area contributed by atoms with Gasteiger partial charge in [0, 0.05) is 37.7 Å². The third-order valence-corrected chi connectivity index (χ3v) is 3.89. The maximum atomic E-state index is 9.41. The molecular formula is C17H25N3O. The van der Waals surface area contributed by atoms with Crippen LogP contribution in [0, 0.1) is 17.2 Å². The summed E-state index contributed by atoms with van der Waals surface area (Å²) in [4.78, 5) is 2.21. The smallest absolute Gasteiger partial charge is 0.101 e. The van der Waals surface area contributed by atoms with Crippen molar-refractivity contribution in [3.05, 3.63) is 29.3 Å². The first kappa shape index (κ1) is 15.8. The first-order valence-electron chi connectivity index (χ1n) is 7.57. The molecule has 1 unspecified atom stereocenters. The van der Waals surface area contributed by atoms with Gasteiger partial charge in [-0.15, -0.1) is 0 Å². The second-order valence-electron chi connectivity index (χ2n) is 6.85. The number of hydrogen-bond donors (Lipinski definition) is 2. The Hall–Kier alpha value is -1.57. The minimum Gasteiger partial charge on any atom is -0.396 e. The molecule has 0 radical (unpaired) electrons. The minimum atomic E-state index is 0.0643. The van der Waals surface area contributed by atoms with E-state index in [-0.39, 0.29) is 12.1 Å². The number of aliphatic hydroxyl groups is 1. The van der Waals surface area contributed by atoms with E-state index in [1.807, 2.05) is 12.1 Å². The summed E-state index contributed by atoms with van der Waals surface area (Å²) in [5.41, 5.74) is 2.91. The lowest BCUT2D eigenvalue weighted by molar-refractivity contribution is 0.238. The van der Waals surface area contributed by atoms with Crippen LogP contribution >= 0.6 is 0 Å². The summed E-state index contributed by atoms with van der Waals surface area (Å²) in [5, 5.41) is 22.1. The highest BCUT2D eigenvalue weighted by atomic mass is 16.3. The van der Waals surface area contributed by atoms with Crippen LogP contribution in [0.1, 0.15) is 38.3 Å². The molecule has 1 aliphatic heterocycles. The van der Waals surface area contributed by atoms with Crippen molar-refractivity contribution >= 4 is 5.69 Å². The van der Waals surface area contributed by atoms with E-state index < -0.39 is 0 Å². The van der Waals surface area contributed by atoms with E-state index >= 15 is 0 Å². The maximum Gasteiger partial charge on any atom is 0.101 e. The molecule has 1 fully saturated rings. The molecule has 0 aliphatic carbocycles. The molecule has 114 valence electrons. The molecule has 1 saturated heterocycles. The fraction of sp³-hybridized carbons (Fsp3) is 0.588. The minimum absolute atomic E-state index is 0.0643. The zero-order valence-corrected chi connectivity index (χ0v) is 13.2. The van der Waals surface area contributed by atoms with E-state index in [0.29, 0.717) is 5.92 Å². The topological polar surface area (TPSA) is 59.3 Å². The highest BCUT2D eigenvalue weighted by Crippen LogP contribution is 2.27. The molecule has 1 heterocycles. The molecule has 0 aromatic heterocycles. The summed E-state index contributed by atoms with van der Waals surface area (Å²) >= 11 is 0. The molecule has 21 heavy (non-hydrogen) atoms. The van der Waals surface area contributed by atoms with Crippen molar-refractivity contribution in [3.63, 3.8) is 0 Å². The van der Waals surface area contributed by atoms with Gasteiger partial charge in [0.2, 0.25) is 0 Å². The maximum absolute atomic E-state index is 9.41. The van der Waals surface area contributed by atoms with Crippen molar-refractivity contribution in [1.29, 1.82) is 5.26 Å². The number of nitrogens with one attached hydrogen (secondary N) is 1. The van der Waals surface area contributed by atoms with Crippen LogP contribution in [0.2, 0.25) is 0 Å². The van der Waals surface area contributed by atoms with Crippen LogP contribution in [-0.4, -0.2) is 30.3 Å². The quantitative estimate of drug-likeness (QED) is 0.892. The Labute approximate surface area is 127 Å². The Morgan fingerprint density at radius 2 is 2.19 bits per heavy atom. The predicted octanol–water partition coefficient (Wildman–Crippen LogP) is 2.26. The van der Waals surface area contributed by atoms with Crippen molar-refractivity contribution < 1.29 is 5.11 Å². The number of rotatable bonds is 4. The van der Waals surface area contributed by atoms with Crippen LogP contribution < -0.4 is 10.2 Å². The normalized spacial score (nSPS) is 18.8. The average molecular weight is 287 g/mol. The third kappa shape index (κ3) is 4.20. The Balaban J connectivity index is 2.12. The molecule has 0 amide bonds. The van der Waals surface area contributed by atoms with Gasteiger partial charge in [-0.2, -0.15) is 5.26 Å². The molecule has 2 N–H and O–H groups in total. The lowest BCUT2D eigenvalue weighted by Gasteiger charge is -2.22. The third-order valence-electron chi connectivity index (χ3n) is 3.89. The summed E-state index contributed by atoms with van der Waals surface area (Å²) in [6.07, 6.45) is 0.995. The van der Waals surface area contributed by atoms with Gasteiger partial charge in [-0.3, -0.25) is 0 Å². The number of nitrogens with zero attached hydrogens (tertiary/aromatic N) is 2. The summed E-state index contributed by atoms with van der Waals surface area (Å²) in [7, 11) is 0. The standard InChI is InChI=1S/C17H25N3O/c1-17(2,3)19-10-13-4-5-16(15(8-13)9-18)20-7-6-14(11-20)12-21/h4-5,8,14,19,21H,6-7,10-12H2,1-3H3. The Bertz CT molecular complexity index is 528. The van der Waals surface area contributed by atoms with Gasteiger partial charge in [-0.25, -0.2) is 0 Å². The number of anilines is 1. The first-order valence-corrected chi connectivity index (χ1v) is 7.57. The summed E-state index contributed by atoms with van der Waals surface area (Å²) in [6.45, 7) is 9.14. The molecule has 1 aromatic carbocycles. The summed E-state index contributed by atoms with van der Waals surface area (Å²) in [5.74, 6) is 0.332. The van der Waals surface area contributed by atoms with E-state index in [0.717, 1.165) is 42.9 Å². The van der Waals surface area contributed by atoms with Gasteiger partial charge < -0.3 is 15.3 Å². The van der Waals surface area contributed by atoms with Gasteiger partial charge in [0.25, 0.3) is 0 Å². The summed E-state index contributed by atoms with van der Waals surface area (Å²) in [6, 6.07) is 8.41. The zero-order valence-electron chi connectivity index (χ0n) is 13.2. The van der Waals surface area contributed by atoms with Crippen LogP contribution in [0.25, 0.3) is 0 Å². The molecule has 0 bridgehead atoms. The predicted molar refractivity (Wildman–Crippen MR) is 85.2 cm³/mol. The van der Waals surface area contributed by atoms with Crippen LogP contribution in [0.3, 0.4) is 0 Å². The monoisotopic (exact) mass is 287 g/mol. The van der Waals surface area contributed by atoms with Gasteiger partial charge in [-0.05, 0) is 44.9 Å². The fourth-order valence-electron chi connectivity index (χ4n) is 2.63. The van der Waals surface area contributed by atoms with Gasteiger partial charge in [0.15, 0.2) is 0 Å². The molecule has 0 saturated carbocycles. The Morgan fingerprint density at radius 1 is 1.43 bits per heavy atom. The molecular weight excluding hydrogens is 262 g/mol. The lowest BCUT2D eigenvalue weighted by Crippen LogP contribution is -2.35. The molecule has 4 nitrogen and oxygen atoms in total. The van der Waals surface area contributed by atoms with E-state index in [4.69, 9.17) is 0 Å². The SMILES string of the molecule is CC(C)(C)NCc1ccc(N2CCC(CO)C2)c(C#N)c1. The first-order chi connectivity index (χ1) is 9.93. The van der Waals surface area contributed by atoms with E-state index in [1.54, 1.807) is 0 Å². The zero-order chi connectivity index (χ0) is 15.5. The van der Waals surface area contributed by atoms with Crippen molar-refractivity contribution in [1.82, 2.24) is 5.32 Å². The van der Waals surface area contributed by atoms with Crippen LogP contribution in [0.4, 0.5) is 5.69 Å². The van der Waals surface area contributed by atoms with Crippen molar-refractivity contribution in [2.45, 2.75) is 39.3 Å². The molecule has 2 rings (SSSR count). The van der Waals surface area contributed by atoms with E-state index in [1.165, 1.54) is 0 Å². The average Bonchev–Trinajstić information content (AvgIpc) is 2.92.